The van der Waals surface area contributed by atoms with Gasteiger partial charge in [0.05, 0.1) is 20.5 Å². The predicted octanol–water partition coefficient (Wildman–Crippen LogP) is 3.91. The van der Waals surface area contributed by atoms with Crippen molar-refractivity contribution in [3.63, 3.8) is 0 Å². The van der Waals surface area contributed by atoms with Crippen LogP contribution in [0.1, 0.15) is 19.4 Å². The zero-order valence-electron chi connectivity index (χ0n) is 12.7. The molecule has 1 aromatic carbocycles. The van der Waals surface area contributed by atoms with Gasteiger partial charge in [0.2, 0.25) is 0 Å². The molecule has 2 amide bonds. The summed E-state index contributed by atoms with van der Waals surface area (Å²) in [6.07, 6.45) is 1.53. The number of thioether (sulfide) groups is 1. The van der Waals surface area contributed by atoms with Crippen molar-refractivity contribution in [2.45, 2.75) is 19.9 Å². The first-order chi connectivity index (χ1) is 11.3. The third-order valence-corrected chi connectivity index (χ3v) is 5.27. The second-order valence-corrected chi connectivity index (χ2v) is 7.51. The largest absolute Gasteiger partial charge is 0.506 e. The molecule has 1 fully saturated rings. The molecule has 0 saturated carbocycles. The predicted molar refractivity (Wildman–Crippen MR) is 97.4 cm³/mol. The van der Waals surface area contributed by atoms with Crippen LogP contribution in [0.5, 0.6) is 5.75 Å². The number of esters is 1. The van der Waals surface area contributed by atoms with Gasteiger partial charge in [-0.1, -0.05) is 0 Å². The number of carbonyl (C=O) groups excluding carboxylic acids is 3. The third kappa shape index (κ3) is 3.84. The normalized spacial score (nSPS) is 17.5. The summed E-state index contributed by atoms with van der Waals surface area (Å²) in [4.78, 5) is 37.4. The Morgan fingerprint density at radius 2 is 1.96 bits per heavy atom. The third-order valence-electron chi connectivity index (χ3n) is 3.18. The van der Waals surface area contributed by atoms with Crippen LogP contribution < -0.4 is 0 Å². The first kappa shape index (κ1) is 19.0. The van der Waals surface area contributed by atoms with Crippen LogP contribution in [0.4, 0.5) is 4.79 Å². The summed E-state index contributed by atoms with van der Waals surface area (Å²) >= 11 is 7.16. The number of hydrogen-bond acceptors (Lipinski definition) is 6. The van der Waals surface area contributed by atoms with E-state index in [1.165, 1.54) is 13.0 Å². The lowest BCUT2D eigenvalue weighted by Gasteiger charge is -2.19. The van der Waals surface area contributed by atoms with E-state index in [1.807, 2.05) is 0 Å². The average Bonchev–Trinajstić information content (AvgIpc) is 2.78. The Balaban J connectivity index is 2.30. The molecule has 1 saturated heterocycles. The molecule has 0 radical (unpaired) electrons. The second kappa shape index (κ2) is 7.71. The fourth-order valence-electron chi connectivity index (χ4n) is 2.00. The van der Waals surface area contributed by atoms with Crippen LogP contribution in [0, 0.1) is 0 Å². The Hall–Kier alpha value is -1.32. The Morgan fingerprint density at radius 1 is 1.38 bits per heavy atom. The van der Waals surface area contributed by atoms with E-state index in [0.29, 0.717) is 14.5 Å². The number of carbonyl (C=O) groups is 3. The number of aromatic hydroxyl groups is 1. The van der Waals surface area contributed by atoms with Crippen molar-refractivity contribution >= 4 is 66.8 Å². The van der Waals surface area contributed by atoms with E-state index in [-0.39, 0.29) is 17.3 Å². The molecule has 1 heterocycles. The molecule has 1 aromatic rings. The summed E-state index contributed by atoms with van der Waals surface area (Å²) in [5.74, 6) is -1.14. The van der Waals surface area contributed by atoms with Gasteiger partial charge in [0.15, 0.2) is 0 Å². The molecule has 1 N–H and O–H groups in total. The number of benzene rings is 1. The van der Waals surface area contributed by atoms with E-state index in [2.05, 4.69) is 31.9 Å². The molecule has 1 aliphatic heterocycles. The molecule has 2 rings (SSSR count). The number of rotatable bonds is 4. The summed E-state index contributed by atoms with van der Waals surface area (Å²) in [5, 5.41) is 9.19. The highest BCUT2D eigenvalue weighted by Gasteiger charge is 2.41. The van der Waals surface area contributed by atoms with Crippen molar-refractivity contribution in [2.75, 3.05) is 6.61 Å². The first-order valence-electron chi connectivity index (χ1n) is 6.88. The van der Waals surface area contributed by atoms with Crippen molar-refractivity contribution < 1.29 is 24.2 Å². The molecule has 24 heavy (non-hydrogen) atoms. The van der Waals surface area contributed by atoms with Crippen molar-refractivity contribution in [1.29, 1.82) is 0 Å². The maximum absolute atomic E-state index is 12.4. The SMILES string of the molecule is CCOC(=O)[C@@H](C)N1C(=O)S/C(=C/c2cc(Br)c(O)c(Br)c2)C1=O. The minimum Gasteiger partial charge on any atom is -0.506 e. The first-order valence-corrected chi connectivity index (χ1v) is 9.28. The number of ether oxygens (including phenoxy) is 1. The van der Waals surface area contributed by atoms with Crippen LogP contribution >= 0.6 is 43.6 Å². The van der Waals surface area contributed by atoms with Crippen molar-refractivity contribution in [2.24, 2.45) is 0 Å². The fourth-order valence-corrected chi connectivity index (χ4v) is 4.13. The summed E-state index contributed by atoms with van der Waals surface area (Å²) in [5.41, 5.74) is 0.612. The number of phenols is 1. The highest BCUT2D eigenvalue weighted by Crippen LogP contribution is 2.37. The fraction of sp³-hybridized carbons (Fsp3) is 0.267. The van der Waals surface area contributed by atoms with Crippen LogP contribution in [0.2, 0.25) is 0 Å². The average molecular weight is 479 g/mol. The van der Waals surface area contributed by atoms with Gasteiger partial charge in [-0.15, -0.1) is 0 Å². The van der Waals surface area contributed by atoms with Gasteiger partial charge in [-0.2, -0.15) is 0 Å². The van der Waals surface area contributed by atoms with E-state index in [4.69, 9.17) is 4.74 Å². The van der Waals surface area contributed by atoms with Gasteiger partial charge in [-0.3, -0.25) is 14.5 Å². The molecule has 0 bridgehead atoms. The number of hydrogen-bond donors (Lipinski definition) is 1. The summed E-state index contributed by atoms with van der Waals surface area (Å²) in [6.45, 7) is 3.27. The van der Waals surface area contributed by atoms with Gasteiger partial charge >= 0.3 is 5.97 Å². The number of phenolic OH excluding ortho intramolecular Hbond substituents is 1. The van der Waals surface area contributed by atoms with Crippen molar-refractivity contribution in [1.82, 2.24) is 4.90 Å². The molecular weight excluding hydrogens is 466 g/mol. The van der Waals surface area contributed by atoms with Gasteiger partial charge in [-0.25, -0.2) is 4.79 Å². The molecule has 0 aliphatic carbocycles. The maximum Gasteiger partial charge on any atom is 0.329 e. The number of halogens is 2. The van der Waals surface area contributed by atoms with Gasteiger partial charge in [0.25, 0.3) is 11.1 Å². The molecule has 0 unspecified atom stereocenters. The lowest BCUT2D eigenvalue weighted by Crippen LogP contribution is -2.42. The van der Waals surface area contributed by atoms with Crippen LogP contribution in [-0.4, -0.2) is 39.8 Å². The Labute approximate surface area is 159 Å². The topological polar surface area (TPSA) is 83.9 Å². The maximum atomic E-state index is 12.4. The Bertz CT molecular complexity index is 726. The van der Waals surface area contributed by atoms with Gasteiger partial charge in [0.1, 0.15) is 11.8 Å². The van der Waals surface area contributed by atoms with E-state index < -0.39 is 23.2 Å². The van der Waals surface area contributed by atoms with E-state index in [1.54, 1.807) is 19.1 Å². The highest BCUT2D eigenvalue weighted by atomic mass is 79.9. The minimum absolute atomic E-state index is 0.0381. The smallest absolute Gasteiger partial charge is 0.329 e. The molecular formula is C15H13Br2NO5S. The lowest BCUT2D eigenvalue weighted by molar-refractivity contribution is -0.150. The van der Waals surface area contributed by atoms with Gasteiger partial charge in [-0.05, 0) is 81.2 Å². The van der Waals surface area contributed by atoms with E-state index in [0.717, 1.165) is 16.7 Å². The Morgan fingerprint density at radius 3 is 2.50 bits per heavy atom. The molecule has 6 nitrogen and oxygen atoms in total. The monoisotopic (exact) mass is 477 g/mol. The minimum atomic E-state index is -0.985. The zero-order valence-corrected chi connectivity index (χ0v) is 16.7. The number of amides is 2. The molecule has 1 atom stereocenters. The van der Waals surface area contributed by atoms with Crippen molar-refractivity contribution in [3.05, 3.63) is 31.5 Å². The van der Waals surface area contributed by atoms with Crippen LogP contribution in [0.25, 0.3) is 6.08 Å². The lowest BCUT2D eigenvalue weighted by atomic mass is 10.2. The molecule has 128 valence electrons. The molecule has 0 spiro atoms. The quantitative estimate of drug-likeness (QED) is 0.521. The van der Waals surface area contributed by atoms with E-state index >= 15 is 0 Å². The van der Waals surface area contributed by atoms with Crippen molar-refractivity contribution in [3.8, 4) is 5.75 Å². The molecule has 9 heteroatoms. The standard InChI is InChI=1S/C15H13Br2NO5S/c1-3-23-14(21)7(2)18-13(20)11(24-15(18)22)6-8-4-9(16)12(19)10(17)5-8/h4-7,19H,3H2,1-2H3/b11-6+/t7-/m1/s1. The summed E-state index contributed by atoms with van der Waals surface area (Å²) < 4.78 is 5.75. The molecule has 1 aliphatic rings. The number of nitrogens with zero attached hydrogens (tertiary/aromatic N) is 1. The van der Waals surface area contributed by atoms with Gasteiger partial charge in [0, 0.05) is 0 Å². The Kier molecular flexibility index (Phi) is 6.11. The van der Waals surface area contributed by atoms with Crippen LogP contribution in [0.15, 0.2) is 26.0 Å². The highest BCUT2D eigenvalue weighted by molar-refractivity contribution is 9.11. The molecule has 0 aromatic heterocycles. The van der Waals surface area contributed by atoms with Crippen LogP contribution in [-0.2, 0) is 14.3 Å². The van der Waals surface area contributed by atoms with Crippen LogP contribution in [0.3, 0.4) is 0 Å². The second-order valence-electron chi connectivity index (χ2n) is 4.81. The van der Waals surface area contributed by atoms with E-state index in [9.17, 15) is 19.5 Å². The number of imide groups is 1. The zero-order chi connectivity index (χ0) is 18.0. The summed E-state index contributed by atoms with van der Waals surface area (Å²) in [7, 11) is 0. The summed E-state index contributed by atoms with van der Waals surface area (Å²) in [6, 6.07) is 2.24. The van der Waals surface area contributed by atoms with Gasteiger partial charge < -0.3 is 9.84 Å².